The molecule has 0 amide bonds. The average molecular weight is 260 g/mol. The summed E-state index contributed by atoms with van der Waals surface area (Å²) >= 11 is 0. The molecule has 1 aliphatic carbocycles. The first-order valence-electron chi connectivity index (χ1n) is 7.09. The Labute approximate surface area is 116 Å². The minimum absolute atomic E-state index is 0.248. The molecule has 0 saturated carbocycles. The van der Waals surface area contributed by atoms with Gasteiger partial charge in [0.1, 0.15) is 5.75 Å². The fourth-order valence-electron chi connectivity index (χ4n) is 2.50. The van der Waals surface area contributed by atoms with Crippen LogP contribution in [-0.4, -0.2) is 10.7 Å². The zero-order valence-electron chi connectivity index (χ0n) is 12.1. The van der Waals surface area contributed by atoms with Crippen LogP contribution in [0.5, 0.6) is 5.75 Å². The largest absolute Gasteiger partial charge is 0.508 e. The lowest BCUT2D eigenvalue weighted by atomic mass is 9.83. The summed E-state index contributed by atoms with van der Waals surface area (Å²) in [5, 5.41) is 9.76. The van der Waals surface area contributed by atoms with Crippen LogP contribution in [0.3, 0.4) is 0 Å². The Hall–Kier alpha value is -1.28. The zero-order chi connectivity index (χ0) is 13.9. The molecule has 0 aromatic heterocycles. The highest BCUT2D eigenvalue weighted by molar-refractivity contribution is 5.31. The highest BCUT2D eigenvalue weighted by Crippen LogP contribution is 2.33. The van der Waals surface area contributed by atoms with Crippen LogP contribution in [0.4, 0.5) is 0 Å². The van der Waals surface area contributed by atoms with E-state index < -0.39 is 0 Å². The van der Waals surface area contributed by atoms with Crippen molar-refractivity contribution in [1.29, 1.82) is 0 Å². The Morgan fingerprint density at radius 2 is 2.05 bits per heavy atom. The molecule has 0 fully saturated rings. The summed E-state index contributed by atoms with van der Waals surface area (Å²) in [4.78, 5) is 0. The lowest BCUT2D eigenvalue weighted by molar-refractivity contribution is -0.00612. The van der Waals surface area contributed by atoms with E-state index in [0.29, 0.717) is 12.4 Å². The molecular formula is C17H24O2. The summed E-state index contributed by atoms with van der Waals surface area (Å²) in [5.74, 6) is 1.10. The van der Waals surface area contributed by atoms with Crippen LogP contribution < -0.4 is 0 Å². The molecule has 0 radical (unpaired) electrons. The smallest absolute Gasteiger partial charge is 0.121 e. The molecule has 1 aromatic carbocycles. The second kappa shape index (κ2) is 5.79. The lowest BCUT2D eigenvalue weighted by Gasteiger charge is -2.32. The SMILES string of the molecule is C[C@H]1CC=C(C(C)(C)OCc2ccccc2O)CC1. The number of allylic oxidation sites excluding steroid dienone is 1. The van der Waals surface area contributed by atoms with E-state index in [0.717, 1.165) is 24.3 Å². The van der Waals surface area contributed by atoms with Crippen molar-refractivity contribution in [2.45, 2.75) is 52.2 Å². The number of hydrogen-bond donors (Lipinski definition) is 1. The van der Waals surface area contributed by atoms with Crippen LogP contribution >= 0.6 is 0 Å². The van der Waals surface area contributed by atoms with Crippen molar-refractivity contribution in [2.75, 3.05) is 0 Å². The number of ether oxygens (including phenoxy) is 1. The maximum Gasteiger partial charge on any atom is 0.121 e. The standard InChI is InChI=1S/C17H24O2/c1-13-8-10-15(11-9-13)17(2,3)19-12-14-6-4-5-7-16(14)18/h4-7,10,13,18H,8-9,11-12H2,1-3H3/t13-/m0/s1. The minimum Gasteiger partial charge on any atom is -0.508 e. The molecule has 1 aliphatic rings. The van der Waals surface area contributed by atoms with Crippen LogP contribution in [0, 0.1) is 5.92 Å². The Kier molecular flexibility index (Phi) is 4.31. The number of para-hydroxylation sites is 1. The Bertz CT molecular complexity index is 460. The van der Waals surface area contributed by atoms with Crippen molar-refractivity contribution in [3.8, 4) is 5.75 Å². The van der Waals surface area contributed by atoms with E-state index >= 15 is 0 Å². The summed E-state index contributed by atoms with van der Waals surface area (Å²) in [6.45, 7) is 6.99. The summed E-state index contributed by atoms with van der Waals surface area (Å²) in [6.07, 6.45) is 5.85. The molecule has 0 spiro atoms. The van der Waals surface area contributed by atoms with Crippen molar-refractivity contribution in [3.05, 3.63) is 41.5 Å². The van der Waals surface area contributed by atoms with Crippen LogP contribution in [-0.2, 0) is 11.3 Å². The number of rotatable bonds is 4. The third-order valence-corrected chi connectivity index (χ3v) is 4.03. The van der Waals surface area contributed by atoms with Gasteiger partial charge in [0.25, 0.3) is 0 Å². The van der Waals surface area contributed by atoms with Crippen LogP contribution in [0.25, 0.3) is 0 Å². The summed E-state index contributed by atoms with van der Waals surface area (Å²) in [5.41, 5.74) is 1.99. The van der Waals surface area contributed by atoms with Gasteiger partial charge in [-0.3, -0.25) is 0 Å². The van der Waals surface area contributed by atoms with Crippen molar-refractivity contribution in [1.82, 2.24) is 0 Å². The summed E-state index contributed by atoms with van der Waals surface area (Å²) < 4.78 is 6.04. The van der Waals surface area contributed by atoms with Crippen LogP contribution in [0.15, 0.2) is 35.9 Å². The maximum absolute atomic E-state index is 9.76. The van der Waals surface area contributed by atoms with Gasteiger partial charge in [0.2, 0.25) is 0 Å². The number of aromatic hydroxyl groups is 1. The molecule has 0 aliphatic heterocycles. The van der Waals surface area contributed by atoms with E-state index in [2.05, 4.69) is 26.8 Å². The average Bonchev–Trinajstić information content (AvgIpc) is 2.38. The Balaban J connectivity index is 2.00. The lowest BCUT2D eigenvalue weighted by Crippen LogP contribution is -2.28. The van der Waals surface area contributed by atoms with Crippen molar-refractivity contribution >= 4 is 0 Å². The molecule has 2 heteroatoms. The van der Waals surface area contributed by atoms with Gasteiger partial charge in [-0.15, -0.1) is 0 Å². The van der Waals surface area contributed by atoms with Gasteiger partial charge in [-0.25, -0.2) is 0 Å². The van der Waals surface area contributed by atoms with E-state index in [1.165, 1.54) is 12.0 Å². The van der Waals surface area contributed by atoms with Crippen molar-refractivity contribution in [2.24, 2.45) is 5.92 Å². The van der Waals surface area contributed by atoms with E-state index in [-0.39, 0.29) is 5.60 Å². The van der Waals surface area contributed by atoms with Gasteiger partial charge in [0.15, 0.2) is 0 Å². The molecule has 0 saturated heterocycles. The fourth-order valence-corrected chi connectivity index (χ4v) is 2.50. The minimum atomic E-state index is -0.248. The second-order valence-electron chi connectivity index (χ2n) is 6.04. The molecule has 1 N–H and O–H groups in total. The van der Waals surface area contributed by atoms with Gasteiger partial charge in [-0.1, -0.05) is 31.2 Å². The number of phenolic OH excluding ortho intramolecular Hbond substituents is 1. The van der Waals surface area contributed by atoms with Gasteiger partial charge in [0.05, 0.1) is 12.2 Å². The van der Waals surface area contributed by atoms with Gasteiger partial charge >= 0.3 is 0 Å². The monoisotopic (exact) mass is 260 g/mol. The fraction of sp³-hybridized carbons (Fsp3) is 0.529. The third-order valence-electron chi connectivity index (χ3n) is 4.03. The molecule has 0 unspecified atom stereocenters. The van der Waals surface area contributed by atoms with Crippen molar-refractivity contribution < 1.29 is 9.84 Å². The Morgan fingerprint density at radius 1 is 1.32 bits per heavy atom. The zero-order valence-corrected chi connectivity index (χ0v) is 12.1. The first-order valence-corrected chi connectivity index (χ1v) is 7.09. The van der Waals surface area contributed by atoms with E-state index in [1.807, 2.05) is 18.2 Å². The molecular weight excluding hydrogens is 236 g/mol. The third kappa shape index (κ3) is 3.60. The molecule has 19 heavy (non-hydrogen) atoms. The van der Waals surface area contributed by atoms with E-state index in [4.69, 9.17) is 4.74 Å². The first-order chi connectivity index (χ1) is 8.99. The highest BCUT2D eigenvalue weighted by Gasteiger charge is 2.26. The Morgan fingerprint density at radius 3 is 2.68 bits per heavy atom. The maximum atomic E-state index is 9.76. The van der Waals surface area contributed by atoms with Crippen molar-refractivity contribution in [3.63, 3.8) is 0 Å². The van der Waals surface area contributed by atoms with E-state index in [1.54, 1.807) is 6.07 Å². The predicted octanol–water partition coefficient (Wildman–Crippen LogP) is 4.43. The first kappa shape index (κ1) is 14.1. The van der Waals surface area contributed by atoms with Gasteiger partial charge < -0.3 is 9.84 Å². The number of benzene rings is 1. The van der Waals surface area contributed by atoms with Crippen LogP contribution in [0.1, 0.15) is 45.6 Å². The molecule has 104 valence electrons. The number of hydrogen-bond acceptors (Lipinski definition) is 2. The molecule has 1 aromatic rings. The topological polar surface area (TPSA) is 29.5 Å². The highest BCUT2D eigenvalue weighted by atomic mass is 16.5. The van der Waals surface area contributed by atoms with Gasteiger partial charge in [-0.05, 0) is 50.7 Å². The molecule has 0 bridgehead atoms. The molecule has 0 heterocycles. The summed E-state index contributed by atoms with van der Waals surface area (Å²) in [7, 11) is 0. The second-order valence-corrected chi connectivity index (χ2v) is 6.04. The molecule has 2 rings (SSSR count). The quantitative estimate of drug-likeness (QED) is 0.811. The summed E-state index contributed by atoms with van der Waals surface area (Å²) in [6, 6.07) is 7.36. The van der Waals surface area contributed by atoms with Gasteiger partial charge in [-0.2, -0.15) is 0 Å². The van der Waals surface area contributed by atoms with Crippen LogP contribution in [0.2, 0.25) is 0 Å². The molecule has 2 nitrogen and oxygen atoms in total. The number of phenols is 1. The predicted molar refractivity (Wildman–Crippen MR) is 78.1 cm³/mol. The van der Waals surface area contributed by atoms with Gasteiger partial charge in [0, 0.05) is 5.56 Å². The molecule has 1 atom stereocenters. The van der Waals surface area contributed by atoms with E-state index in [9.17, 15) is 5.11 Å². The normalized spacial score (nSPS) is 20.2.